The molecule has 1 aliphatic rings. The molecule has 2 N–H and O–H groups in total. The van der Waals surface area contributed by atoms with Gasteiger partial charge in [-0.2, -0.15) is 4.31 Å². The highest BCUT2D eigenvalue weighted by Gasteiger charge is 2.33. The molecule has 0 saturated carbocycles. The summed E-state index contributed by atoms with van der Waals surface area (Å²) in [5.74, 6) is 0.256. The van der Waals surface area contributed by atoms with E-state index in [2.05, 4.69) is 4.98 Å². The van der Waals surface area contributed by atoms with Gasteiger partial charge in [0.15, 0.2) is 6.61 Å². The third-order valence-electron chi connectivity index (χ3n) is 3.88. The largest absolute Gasteiger partial charge is 0.484 e. The second-order valence-corrected chi connectivity index (χ2v) is 7.72. The van der Waals surface area contributed by atoms with Crippen LogP contribution >= 0.6 is 0 Å². The van der Waals surface area contributed by atoms with Crippen LogP contribution in [0.25, 0.3) is 0 Å². The van der Waals surface area contributed by atoms with E-state index in [-0.39, 0.29) is 24.2 Å². The zero-order valence-electron chi connectivity index (χ0n) is 13.9. The first-order valence-corrected chi connectivity index (χ1v) is 9.48. The number of aromatic nitrogens is 1. The van der Waals surface area contributed by atoms with Gasteiger partial charge in [0.1, 0.15) is 11.9 Å². The zero-order valence-corrected chi connectivity index (χ0v) is 14.8. The van der Waals surface area contributed by atoms with Gasteiger partial charge >= 0.3 is 0 Å². The van der Waals surface area contributed by atoms with E-state index in [1.807, 2.05) is 6.07 Å². The number of hydrogen-bond donors (Lipinski definition) is 1. The Morgan fingerprint density at radius 2 is 2.00 bits per heavy atom. The molecule has 0 bridgehead atoms. The minimum Gasteiger partial charge on any atom is -0.484 e. The molecule has 1 fully saturated rings. The summed E-state index contributed by atoms with van der Waals surface area (Å²) in [6.07, 6.45) is 1.98. The number of primary amides is 1. The van der Waals surface area contributed by atoms with Crippen LogP contribution in [0.15, 0.2) is 53.6 Å². The fraction of sp³-hybridized carbons (Fsp3) is 0.294. The van der Waals surface area contributed by atoms with E-state index in [0.717, 1.165) is 0 Å². The van der Waals surface area contributed by atoms with E-state index in [1.54, 1.807) is 18.3 Å². The van der Waals surface area contributed by atoms with Gasteiger partial charge in [-0.25, -0.2) is 13.4 Å². The van der Waals surface area contributed by atoms with Crippen LogP contribution in [0.5, 0.6) is 11.6 Å². The third-order valence-corrected chi connectivity index (χ3v) is 5.75. The molecule has 138 valence electrons. The number of rotatable bonds is 7. The highest BCUT2D eigenvalue weighted by Crippen LogP contribution is 2.24. The minimum atomic E-state index is -3.63. The Labute approximate surface area is 151 Å². The molecule has 0 aliphatic carbocycles. The van der Waals surface area contributed by atoms with Crippen molar-refractivity contribution in [1.29, 1.82) is 0 Å². The van der Waals surface area contributed by atoms with Crippen LogP contribution in [0.1, 0.15) is 6.42 Å². The van der Waals surface area contributed by atoms with Crippen molar-refractivity contribution in [2.24, 2.45) is 5.73 Å². The van der Waals surface area contributed by atoms with E-state index in [1.165, 1.54) is 28.6 Å². The molecule has 1 aromatic heterocycles. The van der Waals surface area contributed by atoms with Gasteiger partial charge in [0, 0.05) is 18.8 Å². The highest BCUT2D eigenvalue weighted by molar-refractivity contribution is 7.89. The standard InChI is InChI=1S/C17H19N3O5S/c18-16(21)12-24-13-4-6-15(7-5-13)26(22,23)20-10-8-14(11-20)25-17-3-1-2-9-19-17/h1-7,9,14H,8,10-12H2,(H2,18,21). The third kappa shape index (κ3) is 4.30. The van der Waals surface area contributed by atoms with Gasteiger partial charge in [-0.15, -0.1) is 0 Å². The van der Waals surface area contributed by atoms with E-state index < -0.39 is 15.9 Å². The van der Waals surface area contributed by atoms with Crippen molar-refractivity contribution in [3.63, 3.8) is 0 Å². The van der Waals surface area contributed by atoms with E-state index in [0.29, 0.717) is 24.6 Å². The molecule has 1 atom stereocenters. The number of nitrogens with two attached hydrogens (primary N) is 1. The predicted octanol–water partition coefficient (Wildman–Crippen LogP) is 0.788. The number of amides is 1. The van der Waals surface area contributed by atoms with Crippen molar-refractivity contribution in [2.75, 3.05) is 19.7 Å². The number of benzene rings is 1. The molecule has 1 amide bonds. The Morgan fingerprint density at radius 1 is 1.23 bits per heavy atom. The van der Waals surface area contributed by atoms with Crippen LogP contribution < -0.4 is 15.2 Å². The van der Waals surface area contributed by atoms with Crippen molar-refractivity contribution < 1.29 is 22.7 Å². The first kappa shape index (κ1) is 18.2. The van der Waals surface area contributed by atoms with Crippen LogP contribution in [0.3, 0.4) is 0 Å². The van der Waals surface area contributed by atoms with E-state index in [9.17, 15) is 13.2 Å². The molecule has 1 saturated heterocycles. The van der Waals surface area contributed by atoms with E-state index in [4.69, 9.17) is 15.2 Å². The number of carbonyl (C=O) groups excluding carboxylic acids is 1. The Morgan fingerprint density at radius 3 is 2.65 bits per heavy atom. The number of pyridine rings is 1. The Balaban J connectivity index is 1.64. The summed E-state index contributed by atoms with van der Waals surface area (Å²) in [6.45, 7) is 0.378. The zero-order chi connectivity index (χ0) is 18.6. The molecular formula is C17H19N3O5S. The summed E-state index contributed by atoms with van der Waals surface area (Å²) in [5.41, 5.74) is 5.01. The maximum absolute atomic E-state index is 12.7. The summed E-state index contributed by atoms with van der Waals surface area (Å²) in [4.78, 5) is 15.0. The van der Waals surface area contributed by atoms with Gasteiger partial charge in [-0.05, 0) is 36.8 Å². The van der Waals surface area contributed by atoms with Crippen molar-refractivity contribution in [1.82, 2.24) is 9.29 Å². The van der Waals surface area contributed by atoms with Gasteiger partial charge in [-0.1, -0.05) is 6.07 Å². The van der Waals surface area contributed by atoms with Gasteiger partial charge in [0.25, 0.3) is 5.91 Å². The average molecular weight is 377 g/mol. The average Bonchev–Trinajstić information content (AvgIpc) is 3.10. The fourth-order valence-corrected chi connectivity index (χ4v) is 4.10. The molecule has 0 radical (unpaired) electrons. The topological polar surface area (TPSA) is 112 Å². The monoisotopic (exact) mass is 377 g/mol. The molecule has 2 aromatic rings. The van der Waals surface area contributed by atoms with Crippen molar-refractivity contribution in [3.8, 4) is 11.6 Å². The molecule has 26 heavy (non-hydrogen) atoms. The van der Waals surface area contributed by atoms with Gasteiger partial charge in [0.2, 0.25) is 15.9 Å². The number of carbonyl (C=O) groups is 1. The molecular weight excluding hydrogens is 358 g/mol. The lowest BCUT2D eigenvalue weighted by Crippen LogP contribution is -2.31. The van der Waals surface area contributed by atoms with Crippen LogP contribution in [-0.2, 0) is 14.8 Å². The maximum Gasteiger partial charge on any atom is 0.255 e. The number of hydrogen-bond acceptors (Lipinski definition) is 6. The number of sulfonamides is 1. The minimum absolute atomic E-state index is 0.155. The smallest absolute Gasteiger partial charge is 0.255 e. The maximum atomic E-state index is 12.7. The lowest BCUT2D eigenvalue weighted by molar-refractivity contribution is -0.119. The summed E-state index contributed by atoms with van der Waals surface area (Å²) in [7, 11) is -3.63. The van der Waals surface area contributed by atoms with Crippen LogP contribution in [-0.4, -0.2) is 49.4 Å². The van der Waals surface area contributed by atoms with Gasteiger partial charge in [0.05, 0.1) is 11.4 Å². The summed E-state index contributed by atoms with van der Waals surface area (Å²) >= 11 is 0. The van der Waals surface area contributed by atoms with Crippen molar-refractivity contribution >= 4 is 15.9 Å². The van der Waals surface area contributed by atoms with Crippen molar-refractivity contribution in [3.05, 3.63) is 48.7 Å². The van der Waals surface area contributed by atoms with Gasteiger partial charge in [-0.3, -0.25) is 4.79 Å². The highest BCUT2D eigenvalue weighted by atomic mass is 32.2. The second kappa shape index (κ2) is 7.71. The van der Waals surface area contributed by atoms with E-state index >= 15 is 0 Å². The number of nitrogens with zero attached hydrogens (tertiary/aromatic N) is 2. The predicted molar refractivity (Wildman–Crippen MR) is 93.2 cm³/mol. The Hall–Kier alpha value is -2.65. The molecule has 1 aromatic carbocycles. The van der Waals surface area contributed by atoms with Crippen LogP contribution in [0.2, 0.25) is 0 Å². The van der Waals surface area contributed by atoms with Crippen molar-refractivity contribution in [2.45, 2.75) is 17.4 Å². The lowest BCUT2D eigenvalue weighted by atomic mass is 10.3. The van der Waals surface area contributed by atoms with Crippen LogP contribution in [0.4, 0.5) is 0 Å². The quantitative estimate of drug-likeness (QED) is 0.763. The first-order chi connectivity index (χ1) is 12.4. The van der Waals surface area contributed by atoms with Gasteiger partial charge < -0.3 is 15.2 Å². The fourth-order valence-electron chi connectivity index (χ4n) is 2.61. The molecule has 3 rings (SSSR count). The lowest BCUT2D eigenvalue weighted by Gasteiger charge is -2.17. The van der Waals surface area contributed by atoms with Crippen LogP contribution in [0, 0.1) is 0 Å². The Kier molecular flexibility index (Phi) is 5.38. The second-order valence-electron chi connectivity index (χ2n) is 5.79. The summed E-state index contributed by atoms with van der Waals surface area (Å²) in [5, 5.41) is 0. The SMILES string of the molecule is NC(=O)COc1ccc(S(=O)(=O)N2CCC(Oc3ccccn3)C2)cc1. The molecule has 1 unspecified atom stereocenters. The normalized spacial score (nSPS) is 17.8. The summed E-state index contributed by atoms with van der Waals surface area (Å²) < 4.78 is 37.8. The molecule has 1 aliphatic heterocycles. The summed E-state index contributed by atoms with van der Waals surface area (Å²) in [6, 6.07) is 11.2. The molecule has 9 heteroatoms. The Bertz CT molecular complexity index is 856. The molecule has 2 heterocycles. The molecule has 0 spiro atoms. The first-order valence-electron chi connectivity index (χ1n) is 8.04. The number of ether oxygens (including phenoxy) is 2. The molecule has 8 nitrogen and oxygen atoms in total.